The van der Waals surface area contributed by atoms with Crippen molar-refractivity contribution in [3.05, 3.63) is 28.5 Å². The fourth-order valence-electron chi connectivity index (χ4n) is 0.715. The van der Waals surface area contributed by atoms with Crippen molar-refractivity contribution in [3.63, 3.8) is 0 Å². The van der Waals surface area contributed by atoms with Crippen LogP contribution in [0.4, 0.5) is 0 Å². The number of pyridine rings is 1. The van der Waals surface area contributed by atoms with E-state index < -0.39 is 0 Å². The standard InChI is InChI=1S/C7H9BrN2.ClH/c1-9-4-6-2-3-7(8)10-5-6;/h2-3,5,9H,4H2,1H3;1H. The molecule has 0 radical (unpaired) electrons. The Bertz CT molecular complexity index is 200. The molecule has 0 saturated heterocycles. The van der Waals surface area contributed by atoms with Crippen molar-refractivity contribution in [1.29, 1.82) is 0 Å². The summed E-state index contributed by atoms with van der Waals surface area (Å²) < 4.78 is 0.882. The Morgan fingerprint density at radius 2 is 2.27 bits per heavy atom. The molecule has 0 bridgehead atoms. The molecule has 0 saturated carbocycles. The smallest absolute Gasteiger partial charge is 0.106 e. The van der Waals surface area contributed by atoms with Gasteiger partial charge in [0.15, 0.2) is 0 Å². The quantitative estimate of drug-likeness (QED) is 0.796. The third-order valence-corrected chi connectivity index (χ3v) is 1.64. The molecule has 0 amide bonds. The number of hydrogen-bond acceptors (Lipinski definition) is 2. The molecule has 0 aliphatic heterocycles. The van der Waals surface area contributed by atoms with E-state index in [1.165, 1.54) is 5.56 Å². The van der Waals surface area contributed by atoms with Crippen molar-refractivity contribution in [2.45, 2.75) is 6.54 Å². The van der Waals surface area contributed by atoms with Gasteiger partial charge in [0.05, 0.1) is 0 Å². The lowest BCUT2D eigenvalue weighted by atomic mass is 10.3. The Hall–Kier alpha value is -0.120. The van der Waals surface area contributed by atoms with E-state index in [1.54, 1.807) is 0 Å². The minimum absolute atomic E-state index is 0. The van der Waals surface area contributed by atoms with E-state index in [2.05, 4.69) is 26.2 Å². The van der Waals surface area contributed by atoms with Gasteiger partial charge in [0.1, 0.15) is 4.60 Å². The monoisotopic (exact) mass is 236 g/mol. The van der Waals surface area contributed by atoms with Gasteiger partial charge in [-0.3, -0.25) is 0 Å². The van der Waals surface area contributed by atoms with Gasteiger partial charge in [0.25, 0.3) is 0 Å². The molecule has 0 aromatic carbocycles. The van der Waals surface area contributed by atoms with Crippen LogP contribution < -0.4 is 5.32 Å². The topological polar surface area (TPSA) is 24.9 Å². The molecule has 0 unspecified atom stereocenters. The molecule has 2 nitrogen and oxygen atoms in total. The van der Waals surface area contributed by atoms with Gasteiger partial charge in [-0.15, -0.1) is 12.4 Å². The molecule has 0 spiro atoms. The lowest BCUT2D eigenvalue weighted by molar-refractivity contribution is 0.812. The van der Waals surface area contributed by atoms with Crippen molar-refractivity contribution >= 4 is 28.3 Å². The van der Waals surface area contributed by atoms with Crippen molar-refractivity contribution in [3.8, 4) is 0 Å². The summed E-state index contributed by atoms with van der Waals surface area (Å²) in [6, 6.07) is 3.97. The molecule has 1 heterocycles. The van der Waals surface area contributed by atoms with E-state index in [-0.39, 0.29) is 12.4 Å². The Balaban J connectivity index is 0.000001000. The van der Waals surface area contributed by atoms with Crippen LogP contribution in [0, 0.1) is 0 Å². The van der Waals surface area contributed by atoms with Crippen LogP contribution in [0.1, 0.15) is 5.56 Å². The maximum absolute atomic E-state index is 4.07. The molecule has 1 aromatic heterocycles. The SMILES string of the molecule is CNCc1ccc(Br)nc1.Cl. The third-order valence-electron chi connectivity index (χ3n) is 1.17. The average Bonchev–Trinajstić information content (AvgIpc) is 1.95. The molecule has 0 atom stereocenters. The Morgan fingerprint density at radius 1 is 1.55 bits per heavy atom. The number of nitrogens with one attached hydrogen (secondary N) is 1. The lowest BCUT2D eigenvalue weighted by Gasteiger charge is -1.97. The number of nitrogens with zero attached hydrogens (tertiary/aromatic N) is 1. The summed E-state index contributed by atoms with van der Waals surface area (Å²) >= 11 is 3.27. The van der Waals surface area contributed by atoms with Crippen molar-refractivity contribution in [2.75, 3.05) is 7.05 Å². The molecule has 62 valence electrons. The minimum atomic E-state index is 0. The first kappa shape index (κ1) is 10.9. The van der Waals surface area contributed by atoms with Crippen LogP contribution in [-0.4, -0.2) is 12.0 Å². The second kappa shape index (κ2) is 5.52. The van der Waals surface area contributed by atoms with Crippen molar-refractivity contribution in [2.24, 2.45) is 0 Å². The maximum Gasteiger partial charge on any atom is 0.106 e. The van der Waals surface area contributed by atoms with Gasteiger partial charge < -0.3 is 5.32 Å². The van der Waals surface area contributed by atoms with Gasteiger partial charge in [-0.1, -0.05) is 6.07 Å². The molecule has 0 fully saturated rings. The zero-order valence-electron chi connectivity index (χ0n) is 6.17. The van der Waals surface area contributed by atoms with Gasteiger partial charge in [0.2, 0.25) is 0 Å². The van der Waals surface area contributed by atoms with Crippen LogP contribution in [0.5, 0.6) is 0 Å². The Labute approximate surface area is 81.0 Å². The molecule has 1 aromatic rings. The highest BCUT2D eigenvalue weighted by molar-refractivity contribution is 9.10. The van der Waals surface area contributed by atoms with Gasteiger partial charge >= 0.3 is 0 Å². The summed E-state index contributed by atoms with van der Waals surface area (Å²) in [5.74, 6) is 0. The minimum Gasteiger partial charge on any atom is -0.316 e. The van der Waals surface area contributed by atoms with Crippen LogP contribution in [0.2, 0.25) is 0 Å². The molecule has 0 aliphatic carbocycles. The van der Waals surface area contributed by atoms with Crippen molar-refractivity contribution < 1.29 is 0 Å². The average molecular weight is 238 g/mol. The molecule has 11 heavy (non-hydrogen) atoms. The Morgan fingerprint density at radius 3 is 2.73 bits per heavy atom. The first-order valence-corrected chi connectivity index (χ1v) is 3.87. The molecule has 0 aliphatic rings. The second-order valence-corrected chi connectivity index (χ2v) is 2.83. The van der Waals surface area contributed by atoms with E-state index in [9.17, 15) is 0 Å². The van der Waals surface area contributed by atoms with Crippen LogP contribution in [-0.2, 0) is 6.54 Å². The van der Waals surface area contributed by atoms with Gasteiger partial charge in [0, 0.05) is 12.7 Å². The summed E-state index contributed by atoms with van der Waals surface area (Å²) in [5, 5.41) is 3.05. The summed E-state index contributed by atoms with van der Waals surface area (Å²) in [4.78, 5) is 4.07. The van der Waals surface area contributed by atoms with E-state index in [0.29, 0.717) is 0 Å². The van der Waals surface area contributed by atoms with E-state index in [0.717, 1.165) is 11.1 Å². The van der Waals surface area contributed by atoms with Gasteiger partial charge in [-0.25, -0.2) is 4.98 Å². The first-order chi connectivity index (χ1) is 4.83. The van der Waals surface area contributed by atoms with E-state index in [4.69, 9.17) is 0 Å². The van der Waals surface area contributed by atoms with Crippen LogP contribution in [0.25, 0.3) is 0 Å². The molecular weight excluding hydrogens is 227 g/mol. The second-order valence-electron chi connectivity index (χ2n) is 2.02. The fraction of sp³-hybridized carbons (Fsp3) is 0.286. The number of hydrogen-bond donors (Lipinski definition) is 1. The maximum atomic E-state index is 4.07. The highest BCUT2D eigenvalue weighted by Gasteiger charge is 1.89. The van der Waals surface area contributed by atoms with Gasteiger partial charge in [-0.2, -0.15) is 0 Å². The van der Waals surface area contributed by atoms with Crippen LogP contribution in [0.3, 0.4) is 0 Å². The largest absolute Gasteiger partial charge is 0.316 e. The lowest BCUT2D eigenvalue weighted by Crippen LogP contribution is -2.04. The highest BCUT2D eigenvalue weighted by Crippen LogP contribution is 2.05. The summed E-state index contributed by atoms with van der Waals surface area (Å²) in [7, 11) is 1.92. The zero-order chi connectivity index (χ0) is 7.40. The molecule has 4 heteroatoms. The molecular formula is C7H10BrClN2. The number of rotatable bonds is 2. The van der Waals surface area contributed by atoms with E-state index in [1.807, 2.05) is 25.4 Å². The van der Waals surface area contributed by atoms with Crippen LogP contribution >= 0.6 is 28.3 Å². The third kappa shape index (κ3) is 3.70. The van der Waals surface area contributed by atoms with Crippen LogP contribution in [0.15, 0.2) is 22.9 Å². The summed E-state index contributed by atoms with van der Waals surface area (Å²) in [6.45, 7) is 0.875. The number of aromatic nitrogens is 1. The number of halogens is 2. The van der Waals surface area contributed by atoms with Gasteiger partial charge in [-0.05, 0) is 34.6 Å². The normalized spacial score (nSPS) is 8.91. The Kier molecular flexibility index (Phi) is 5.46. The predicted molar refractivity (Wildman–Crippen MR) is 51.9 cm³/mol. The fourth-order valence-corrected chi connectivity index (χ4v) is 0.950. The first-order valence-electron chi connectivity index (χ1n) is 3.08. The summed E-state index contributed by atoms with van der Waals surface area (Å²) in [5.41, 5.74) is 1.20. The highest BCUT2D eigenvalue weighted by atomic mass is 79.9. The molecule has 1 rings (SSSR count). The summed E-state index contributed by atoms with van der Waals surface area (Å²) in [6.07, 6.45) is 1.85. The molecule has 1 N–H and O–H groups in total. The van der Waals surface area contributed by atoms with E-state index >= 15 is 0 Å². The van der Waals surface area contributed by atoms with Crippen molar-refractivity contribution in [1.82, 2.24) is 10.3 Å². The predicted octanol–water partition coefficient (Wildman–Crippen LogP) is 1.99. The zero-order valence-corrected chi connectivity index (χ0v) is 8.58.